The van der Waals surface area contributed by atoms with Gasteiger partial charge in [-0.05, 0) is 72.7 Å². The van der Waals surface area contributed by atoms with Gasteiger partial charge in [0.05, 0.1) is 18.3 Å². The number of ether oxygens (including phenoxy) is 1. The van der Waals surface area contributed by atoms with Crippen LogP contribution >= 0.6 is 0 Å². The summed E-state index contributed by atoms with van der Waals surface area (Å²) in [5.41, 5.74) is 3.45. The van der Waals surface area contributed by atoms with Crippen LogP contribution in [-0.4, -0.2) is 23.6 Å². The molecule has 0 saturated heterocycles. The normalized spacial score (nSPS) is 17.7. The van der Waals surface area contributed by atoms with Crippen LogP contribution in [0.3, 0.4) is 0 Å². The molecule has 0 saturated carbocycles. The van der Waals surface area contributed by atoms with Gasteiger partial charge in [0.1, 0.15) is 0 Å². The zero-order chi connectivity index (χ0) is 19.6. The van der Waals surface area contributed by atoms with Gasteiger partial charge < -0.3 is 15.2 Å². The van der Waals surface area contributed by atoms with Gasteiger partial charge in [0.2, 0.25) is 0 Å². The Labute approximate surface area is 159 Å². The minimum atomic E-state index is -0.537. The molecule has 1 aliphatic carbocycles. The highest BCUT2D eigenvalue weighted by atomic mass is 16.5. The molecule has 1 atom stereocenters. The molecule has 142 valence electrons. The van der Waals surface area contributed by atoms with Gasteiger partial charge in [-0.2, -0.15) is 0 Å². The predicted molar refractivity (Wildman–Crippen MR) is 104 cm³/mol. The minimum Gasteiger partial charge on any atom is -0.462 e. The summed E-state index contributed by atoms with van der Waals surface area (Å²) in [4.78, 5) is 24.3. The molecular weight excluding hydrogens is 342 g/mol. The second-order valence-electron chi connectivity index (χ2n) is 7.49. The van der Waals surface area contributed by atoms with Gasteiger partial charge in [0.25, 0.3) is 5.91 Å². The Balaban J connectivity index is 1.77. The highest BCUT2D eigenvalue weighted by Crippen LogP contribution is 2.41. The molecular formula is C22H25NO4. The lowest BCUT2D eigenvalue weighted by Gasteiger charge is -2.35. The molecule has 0 aliphatic heterocycles. The van der Waals surface area contributed by atoms with E-state index in [2.05, 4.69) is 19.2 Å². The Bertz CT molecular complexity index is 855. The number of nitrogens with one attached hydrogen (secondary N) is 1. The van der Waals surface area contributed by atoms with E-state index < -0.39 is 6.10 Å². The zero-order valence-electron chi connectivity index (χ0n) is 15.9. The molecule has 5 heteroatoms. The van der Waals surface area contributed by atoms with Crippen LogP contribution in [-0.2, 0) is 10.2 Å². The zero-order valence-corrected chi connectivity index (χ0v) is 15.9. The number of rotatable bonds is 4. The Morgan fingerprint density at radius 3 is 2.48 bits per heavy atom. The van der Waals surface area contributed by atoms with Gasteiger partial charge in [-0.3, -0.25) is 4.79 Å². The van der Waals surface area contributed by atoms with Gasteiger partial charge in [-0.15, -0.1) is 0 Å². The molecule has 0 radical (unpaired) electrons. The molecule has 27 heavy (non-hydrogen) atoms. The summed E-state index contributed by atoms with van der Waals surface area (Å²) in [6.07, 6.45) is 1.07. The fourth-order valence-corrected chi connectivity index (χ4v) is 3.49. The van der Waals surface area contributed by atoms with Crippen molar-refractivity contribution in [1.82, 2.24) is 0 Å². The Kier molecular flexibility index (Phi) is 5.33. The Morgan fingerprint density at radius 2 is 1.81 bits per heavy atom. The molecule has 2 aromatic carbocycles. The van der Waals surface area contributed by atoms with E-state index in [1.807, 2.05) is 6.07 Å². The van der Waals surface area contributed by atoms with Crippen LogP contribution in [0.5, 0.6) is 0 Å². The maximum Gasteiger partial charge on any atom is 0.338 e. The van der Waals surface area contributed by atoms with Crippen LogP contribution < -0.4 is 5.32 Å². The van der Waals surface area contributed by atoms with Crippen molar-refractivity contribution >= 4 is 17.6 Å². The number of hydrogen-bond acceptors (Lipinski definition) is 4. The number of anilines is 1. The first-order valence-corrected chi connectivity index (χ1v) is 9.23. The predicted octanol–water partition coefficient (Wildman–Crippen LogP) is 4.22. The summed E-state index contributed by atoms with van der Waals surface area (Å²) in [6.45, 7) is 6.38. The van der Waals surface area contributed by atoms with Crippen LogP contribution in [0, 0.1) is 0 Å². The Morgan fingerprint density at radius 1 is 1.15 bits per heavy atom. The SMILES string of the molecule is CCOC(=O)c1ccc(NC(=O)c2ccc3c(c2)C(O)CCC3(C)C)cc1. The van der Waals surface area contributed by atoms with Crippen molar-refractivity contribution in [1.29, 1.82) is 0 Å². The molecule has 2 aromatic rings. The molecule has 0 spiro atoms. The first-order valence-electron chi connectivity index (χ1n) is 9.23. The number of carbonyl (C=O) groups excluding carboxylic acids is 2. The summed E-state index contributed by atoms with van der Waals surface area (Å²) in [6, 6.07) is 12.1. The van der Waals surface area contributed by atoms with Crippen molar-refractivity contribution < 1.29 is 19.4 Å². The minimum absolute atomic E-state index is 0.00744. The molecule has 2 N–H and O–H groups in total. The van der Waals surface area contributed by atoms with Crippen molar-refractivity contribution in [2.75, 3.05) is 11.9 Å². The van der Waals surface area contributed by atoms with Gasteiger partial charge in [0, 0.05) is 11.3 Å². The summed E-state index contributed by atoms with van der Waals surface area (Å²) in [5.74, 6) is -0.640. The number of aliphatic hydroxyl groups is 1. The molecule has 3 rings (SSSR count). The van der Waals surface area contributed by atoms with Crippen LogP contribution in [0.15, 0.2) is 42.5 Å². The van der Waals surface area contributed by atoms with Crippen LogP contribution in [0.25, 0.3) is 0 Å². The van der Waals surface area contributed by atoms with Crippen LogP contribution in [0.1, 0.15) is 71.6 Å². The van der Waals surface area contributed by atoms with Crippen molar-refractivity contribution in [3.05, 3.63) is 64.7 Å². The molecule has 1 amide bonds. The van der Waals surface area contributed by atoms with Crippen LogP contribution in [0.2, 0.25) is 0 Å². The van der Waals surface area contributed by atoms with E-state index in [0.717, 1.165) is 17.5 Å². The number of benzene rings is 2. The number of fused-ring (bicyclic) bond motifs is 1. The highest BCUT2D eigenvalue weighted by molar-refractivity contribution is 6.04. The fourth-order valence-electron chi connectivity index (χ4n) is 3.49. The van der Waals surface area contributed by atoms with Crippen molar-refractivity contribution in [3.8, 4) is 0 Å². The van der Waals surface area contributed by atoms with Gasteiger partial charge in [-0.1, -0.05) is 19.9 Å². The summed E-state index contributed by atoms with van der Waals surface area (Å²) < 4.78 is 4.95. The third-order valence-electron chi connectivity index (χ3n) is 5.10. The van der Waals surface area contributed by atoms with E-state index >= 15 is 0 Å². The summed E-state index contributed by atoms with van der Waals surface area (Å²) in [7, 11) is 0. The molecule has 0 bridgehead atoms. The Hall–Kier alpha value is -2.66. The number of amides is 1. The highest BCUT2D eigenvalue weighted by Gasteiger charge is 2.32. The molecule has 0 aromatic heterocycles. The van der Waals surface area contributed by atoms with E-state index in [0.29, 0.717) is 29.8 Å². The molecule has 1 aliphatic rings. The lowest BCUT2D eigenvalue weighted by atomic mass is 9.71. The standard InChI is InChI=1S/C22H25NO4/c1-4-27-21(26)14-5-8-16(9-6-14)23-20(25)15-7-10-18-17(13-15)19(24)11-12-22(18,2)3/h5-10,13,19,24H,4,11-12H2,1-3H3,(H,23,25). The van der Waals surface area contributed by atoms with E-state index in [1.165, 1.54) is 0 Å². The second-order valence-corrected chi connectivity index (χ2v) is 7.49. The van der Waals surface area contributed by atoms with Gasteiger partial charge >= 0.3 is 5.97 Å². The largest absolute Gasteiger partial charge is 0.462 e. The number of esters is 1. The van der Waals surface area contributed by atoms with E-state index in [9.17, 15) is 14.7 Å². The average Bonchev–Trinajstić information content (AvgIpc) is 2.65. The van der Waals surface area contributed by atoms with E-state index in [1.54, 1.807) is 43.3 Å². The summed E-state index contributed by atoms with van der Waals surface area (Å²) >= 11 is 0. The lowest BCUT2D eigenvalue weighted by Crippen LogP contribution is -2.27. The van der Waals surface area contributed by atoms with E-state index in [4.69, 9.17) is 4.74 Å². The maximum atomic E-state index is 12.6. The lowest BCUT2D eigenvalue weighted by molar-refractivity contribution is 0.0526. The maximum absolute atomic E-state index is 12.6. The monoisotopic (exact) mass is 367 g/mol. The molecule has 5 nitrogen and oxygen atoms in total. The third kappa shape index (κ3) is 4.03. The van der Waals surface area contributed by atoms with Crippen molar-refractivity contribution in [2.24, 2.45) is 0 Å². The van der Waals surface area contributed by atoms with Gasteiger partial charge in [-0.25, -0.2) is 4.79 Å². The number of carbonyl (C=O) groups is 2. The van der Waals surface area contributed by atoms with Crippen molar-refractivity contribution in [2.45, 2.75) is 45.1 Å². The molecule has 0 fully saturated rings. The number of aliphatic hydroxyl groups excluding tert-OH is 1. The second kappa shape index (κ2) is 7.53. The van der Waals surface area contributed by atoms with E-state index in [-0.39, 0.29) is 17.3 Å². The smallest absolute Gasteiger partial charge is 0.338 e. The van der Waals surface area contributed by atoms with Crippen LogP contribution in [0.4, 0.5) is 5.69 Å². The van der Waals surface area contributed by atoms with Gasteiger partial charge in [0.15, 0.2) is 0 Å². The average molecular weight is 367 g/mol. The molecule has 0 heterocycles. The van der Waals surface area contributed by atoms with Crippen molar-refractivity contribution in [3.63, 3.8) is 0 Å². The third-order valence-corrected chi connectivity index (χ3v) is 5.10. The quantitative estimate of drug-likeness (QED) is 0.794. The summed E-state index contributed by atoms with van der Waals surface area (Å²) in [5, 5.41) is 13.2. The number of hydrogen-bond donors (Lipinski definition) is 2. The first kappa shape index (κ1) is 19.1. The fraction of sp³-hybridized carbons (Fsp3) is 0.364. The molecule has 1 unspecified atom stereocenters. The first-order chi connectivity index (χ1) is 12.8. The topological polar surface area (TPSA) is 75.6 Å².